The highest BCUT2D eigenvalue weighted by Crippen LogP contribution is 2.32. The van der Waals surface area contributed by atoms with Crippen LogP contribution in [0.5, 0.6) is 0 Å². The zero-order valence-electron chi connectivity index (χ0n) is 12.5. The van der Waals surface area contributed by atoms with Gasteiger partial charge in [0.1, 0.15) is 0 Å². The van der Waals surface area contributed by atoms with Gasteiger partial charge in [-0.1, -0.05) is 53.7 Å². The summed E-state index contributed by atoms with van der Waals surface area (Å²) in [6.45, 7) is 13.2. The summed E-state index contributed by atoms with van der Waals surface area (Å²) in [5.41, 5.74) is 5.19. The van der Waals surface area contributed by atoms with Crippen LogP contribution in [0.3, 0.4) is 0 Å². The van der Waals surface area contributed by atoms with Gasteiger partial charge in [0.2, 0.25) is 6.29 Å². The van der Waals surface area contributed by atoms with Gasteiger partial charge in [0.25, 0.3) is 0 Å². The van der Waals surface area contributed by atoms with Gasteiger partial charge in [-0.25, -0.2) is 0 Å². The van der Waals surface area contributed by atoms with E-state index < -0.39 is 0 Å². The van der Waals surface area contributed by atoms with E-state index in [1.807, 2.05) is 0 Å². The highest BCUT2D eigenvalue weighted by Gasteiger charge is 2.16. The Morgan fingerprint density at radius 1 is 0.889 bits per heavy atom. The molecule has 0 atom stereocenters. The molecule has 0 aliphatic rings. The van der Waals surface area contributed by atoms with Gasteiger partial charge in [-0.2, -0.15) is 0 Å². The summed E-state index contributed by atoms with van der Waals surface area (Å²) in [5, 5.41) is 0. The first-order chi connectivity index (χ1) is 8.38. The van der Waals surface area contributed by atoms with E-state index in [-0.39, 0.29) is 0 Å². The minimum Gasteiger partial charge on any atom is -0.291 e. The molecular weight excluding hydrogens is 220 g/mol. The van der Waals surface area contributed by atoms with Gasteiger partial charge in [-0.05, 0) is 40.0 Å². The van der Waals surface area contributed by atoms with Crippen molar-refractivity contribution in [2.45, 2.75) is 65.7 Å². The predicted molar refractivity (Wildman–Crippen MR) is 78.1 cm³/mol. The van der Waals surface area contributed by atoms with Crippen LogP contribution in [-0.2, 0) is 11.2 Å². The monoisotopic (exact) mass is 245 g/mol. The maximum absolute atomic E-state index is 10.8. The largest absolute Gasteiger partial charge is 0.291 e. The predicted octanol–water partition coefficient (Wildman–Crippen LogP) is 4.71. The average Bonchev–Trinajstić information content (AvgIpc) is 2.28. The lowest BCUT2D eigenvalue weighted by molar-refractivity contribution is 0.554. The molecule has 0 aliphatic carbocycles. The number of rotatable bonds is 5. The van der Waals surface area contributed by atoms with Crippen LogP contribution >= 0.6 is 0 Å². The van der Waals surface area contributed by atoms with Gasteiger partial charge in [-0.3, -0.25) is 4.79 Å². The number of hydrogen-bond donors (Lipinski definition) is 0. The Hall–Kier alpha value is -1.11. The standard InChI is InChI=1S/C17H25O/c1-11(2)14-9-16(12(3)4)15(7-8-18)17(10-14)13(5)6/h9-13H,7H2,1-6H3. The Morgan fingerprint density at radius 3 is 1.61 bits per heavy atom. The van der Waals surface area contributed by atoms with Crippen molar-refractivity contribution in [2.75, 3.05) is 0 Å². The third-order valence-corrected chi connectivity index (χ3v) is 3.50. The van der Waals surface area contributed by atoms with Gasteiger partial charge < -0.3 is 0 Å². The molecular formula is C17H25O. The Bertz CT molecular complexity index is 385. The van der Waals surface area contributed by atoms with Crippen molar-refractivity contribution in [3.05, 3.63) is 34.4 Å². The Labute approximate surface area is 112 Å². The second kappa shape index (κ2) is 6.17. The van der Waals surface area contributed by atoms with Crippen LogP contribution in [0.1, 0.15) is 81.5 Å². The smallest absolute Gasteiger partial charge is 0.203 e. The molecule has 1 aromatic rings. The molecule has 0 N–H and O–H groups in total. The average molecular weight is 245 g/mol. The molecule has 1 nitrogen and oxygen atoms in total. The molecule has 1 heteroatoms. The summed E-state index contributed by atoms with van der Waals surface area (Å²) in [6.07, 6.45) is 2.49. The van der Waals surface area contributed by atoms with E-state index in [0.29, 0.717) is 24.2 Å². The van der Waals surface area contributed by atoms with Gasteiger partial charge in [0, 0.05) is 6.42 Å². The first-order valence-corrected chi connectivity index (χ1v) is 6.90. The molecule has 99 valence electrons. The zero-order chi connectivity index (χ0) is 13.9. The fraction of sp³-hybridized carbons (Fsp3) is 0.588. The molecule has 1 rings (SSSR count). The van der Waals surface area contributed by atoms with Crippen molar-refractivity contribution in [3.8, 4) is 0 Å². The fourth-order valence-electron chi connectivity index (χ4n) is 2.38. The van der Waals surface area contributed by atoms with E-state index in [1.165, 1.54) is 22.3 Å². The van der Waals surface area contributed by atoms with Crippen molar-refractivity contribution < 1.29 is 4.79 Å². The van der Waals surface area contributed by atoms with Crippen LogP contribution in [0.2, 0.25) is 0 Å². The van der Waals surface area contributed by atoms with Crippen LogP contribution in [0.25, 0.3) is 0 Å². The van der Waals surface area contributed by atoms with E-state index in [9.17, 15) is 4.79 Å². The van der Waals surface area contributed by atoms with Crippen molar-refractivity contribution in [1.82, 2.24) is 0 Å². The summed E-state index contributed by atoms with van der Waals surface area (Å²) >= 11 is 0. The topological polar surface area (TPSA) is 17.1 Å². The maximum atomic E-state index is 10.8. The lowest BCUT2D eigenvalue weighted by Gasteiger charge is -2.21. The number of carbonyl (C=O) groups excluding carboxylic acids is 1. The van der Waals surface area contributed by atoms with Gasteiger partial charge in [0.15, 0.2) is 0 Å². The van der Waals surface area contributed by atoms with Crippen molar-refractivity contribution >= 4 is 6.29 Å². The first kappa shape index (κ1) is 14.9. The quantitative estimate of drug-likeness (QED) is 0.734. The molecule has 1 radical (unpaired) electrons. The second-order valence-corrected chi connectivity index (χ2v) is 5.96. The maximum Gasteiger partial charge on any atom is 0.203 e. The SMILES string of the molecule is CC(C)c1cc(C(C)C)c(C[C]=O)c(C(C)C)c1. The van der Waals surface area contributed by atoms with E-state index in [2.05, 4.69) is 60.0 Å². The van der Waals surface area contributed by atoms with Gasteiger partial charge in [-0.15, -0.1) is 0 Å². The molecule has 0 bridgehead atoms. The van der Waals surface area contributed by atoms with Crippen LogP contribution in [-0.4, -0.2) is 6.29 Å². The molecule has 0 fully saturated rings. The zero-order valence-corrected chi connectivity index (χ0v) is 12.5. The second-order valence-electron chi connectivity index (χ2n) is 5.96. The van der Waals surface area contributed by atoms with Crippen LogP contribution in [0.4, 0.5) is 0 Å². The molecule has 1 aromatic carbocycles. The van der Waals surface area contributed by atoms with Crippen LogP contribution in [0.15, 0.2) is 12.1 Å². The van der Waals surface area contributed by atoms with E-state index in [0.717, 1.165) is 0 Å². The minimum absolute atomic E-state index is 0.416. The van der Waals surface area contributed by atoms with Crippen LogP contribution < -0.4 is 0 Å². The highest BCUT2D eigenvalue weighted by molar-refractivity contribution is 5.60. The molecule has 0 saturated heterocycles. The Kier molecular flexibility index (Phi) is 5.13. The molecule has 0 saturated carbocycles. The van der Waals surface area contributed by atoms with E-state index in [4.69, 9.17) is 0 Å². The number of hydrogen-bond acceptors (Lipinski definition) is 1. The summed E-state index contributed by atoms with van der Waals surface area (Å²) in [7, 11) is 0. The lowest BCUT2D eigenvalue weighted by Crippen LogP contribution is -2.07. The Morgan fingerprint density at radius 2 is 1.33 bits per heavy atom. The fourth-order valence-corrected chi connectivity index (χ4v) is 2.38. The molecule has 18 heavy (non-hydrogen) atoms. The van der Waals surface area contributed by atoms with Crippen molar-refractivity contribution in [3.63, 3.8) is 0 Å². The molecule has 0 amide bonds. The lowest BCUT2D eigenvalue weighted by atomic mass is 9.83. The van der Waals surface area contributed by atoms with Gasteiger partial charge in [0.05, 0.1) is 0 Å². The third kappa shape index (κ3) is 3.22. The summed E-state index contributed by atoms with van der Waals surface area (Å²) < 4.78 is 0. The molecule has 0 aromatic heterocycles. The summed E-state index contributed by atoms with van der Waals surface area (Å²) in [5.74, 6) is 1.42. The first-order valence-electron chi connectivity index (χ1n) is 6.90. The Balaban J connectivity index is 3.49. The molecule has 0 spiro atoms. The van der Waals surface area contributed by atoms with E-state index >= 15 is 0 Å². The van der Waals surface area contributed by atoms with E-state index in [1.54, 1.807) is 0 Å². The molecule has 0 unspecified atom stereocenters. The summed E-state index contributed by atoms with van der Waals surface area (Å²) in [6, 6.07) is 4.54. The highest BCUT2D eigenvalue weighted by atomic mass is 16.1. The molecule has 0 aliphatic heterocycles. The number of benzene rings is 1. The normalized spacial score (nSPS) is 11.6. The van der Waals surface area contributed by atoms with Crippen LogP contribution in [0, 0.1) is 0 Å². The van der Waals surface area contributed by atoms with Crippen molar-refractivity contribution in [1.29, 1.82) is 0 Å². The minimum atomic E-state index is 0.416. The summed E-state index contributed by atoms with van der Waals surface area (Å²) in [4.78, 5) is 10.8. The third-order valence-electron chi connectivity index (χ3n) is 3.50. The van der Waals surface area contributed by atoms with Crippen molar-refractivity contribution in [2.24, 2.45) is 0 Å². The van der Waals surface area contributed by atoms with Gasteiger partial charge >= 0.3 is 0 Å². The molecule has 0 heterocycles.